The Kier molecular flexibility index (Phi) is 11.2. The van der Waals surface area contributed by atoms with E-state index < -0.39 is 0 Å². The second-order valence-corrected chi connectivity index (χ2v) is 12.6. The number of carbonyl (C=O) groups excluding carboxylic acids is 2. The molecular formula is C41H48N4O3. The Labute approximate surface area is 285 Å². The van der Waals surface area contributed by atoms with Crippen LogP contribution in [0.1, 0.15) is 58.5 Å². The predicted molar refractivity (Wildman–Crippen MR) is 195 cm³/mol. The lowest BCUT2D eigenvalue weighted by atomic mass is 9.94. The molecule has 7 heteroatoms. The first-order valence-corrected chi connectivity index (χ1v) is 17.6. The first-order chi connectivity index (χ1) is 23.6. The highest BCUT2D eigenvalue weighted by Gasteiger charge is 2.23. The Morgan fingerprint density at radius 3 is 1.33 bits per heavy atom. The van der Waals surface area contributed by atoms with Gasteiger partial charge in [0.1, 0.15) is 11.5 Å². The van der Waals surface area contributed by atoms with E-state index in [2.05, 4.69) is 68.1 Å². The highest BCUT2D eigenvalue weighted by Crippen LogP contribution is 2.37. The fraction of sp³-hybridized carbons (Fsp3) is 0.366. The van der Waals surface area contributed by atoms with Crippen molar-refractivity contribution in [2.75, 3.05) is 75.2 Å². The van der Waals surface area contributed by atoms with Crippen LogP contribution in [0.3, 0.4) is 0 Å². The zero-order chi connectivity index (χ0) is 33.3. The van der Waals surface area contributed by atoms with E-state index in [1.54, 1.807) is 0 Å². The minimum absolute atomic E-state index is 0.160. The summed E-state index contributed by atoms with van der Waals surface area (Å²) in [5.41, 5.74) is 5.98. The SMILES string of the molecule is CC.O=C(CCN1CCN(c2ccccc2)CC1)c1ccc2c(c1)Cc1cc(C(=O)CCN3CCN(c4ccccc4)CC3)ccc1O2. The lowest BCUT2D eigenvalue weighted by molar-refractivity contribution is 0.0954. The highest BCUT2D eigenvalue weighted by atomic mass is 16.5. The largest absolute Gasteiger partial charge is 0.457 e. The van der Waals surface area contributed by atoms with Crippen LogP contribution in [0.4, 0.5) is 11.4 Å². The van der Waals surface area contributed by atoms with Crippen molar-refractivity contribution in [3.63, 3.8) is 0 Å². The van der Waals surface area contributed by atoms with Gasteiger partial charge in [-0.25, -0.2) is 0 Å². The lowest BCUT2D eigenvalue weighted by Gasteiger charge is -2.36. The molecule has 7 rings (SSSR count). The average molecular weight is 645 g/mol. The van der Waals surface area contributed by atoms with Crippen LogP contribution in [0.15, 0.2) is 97.1 Å². The molecule has 0 aromatic heterocycles. The third-order valence-electron chi connectivity index (χ3n) is 9.66. The average Bonchev–Trinajstić information content (AvgIpc) is 3.16. The summed E-state index contributed by atoms with van der Waals surface area (Å²) in [6, 6.07) is 32.6. The minimum Gasteiger partial charge on any atom is -0.457 e. The van der Waals surface area contributed by atoms with Crippen molar-refractivity contribution in [1.82, 2.24) is 9.80 Å². The van der Waals surface area contributed by atoms with Crippen LogP contribution >= 0.6 is 0 Å². The Balaban J connectivity index is 0.00000197. The zero-order valence-corrected chi connectivity index (χ0v) is 28.4. The van der Waals surface area contributed by atoms with Gasteiger partial charge in [-0.15, -0.1) is 0 Å². The summed E-state index contributed by atoms with van der Waals surface area (Å²) in [4.78, 5) is 36.0. The van der Waals surface area contributed by atoms with E-state index in [0.717, 1.165) is 99.2 Å². The summed E-state index contributed by atoms with van der Waals surface area (Å²) >= 11 is 0. The van der Waals surface area contributed by atoms with Gasteiger partial charge >= 0.3 is 0 Å². The number of ketones is 2. The number of Topliss-reactive ketones (excluding diaryl/α,β-unsaturated/α-hetero) is 2. The summed E-state index contributed by atoms with van der Waals surface area (Å²) in [6.45, 7) is 13.3. The van der Waals surface area contributed by atoms with Crippen molar-refractivity contribution in [3.05, 3.63) is 119 Å². The normalized spacial score (nSPS) is 16.2. The van der Waals surface area contributed by atoms with Gasteiger partial charge in [0, 0.05) is 118 Å². The van der Waals surface area contributed by atoms with Crippen molar-refractivity contribution in [3.8, 4) is 11.5 Å². The predicted octanol–water partition coefficient (Wildman–Crippen LogP) is 7.20. The Hall–Kier alpha value is -4.46. The van der Waals surface area contributed by atoms with Crippen LogP contribution in [0.25, 0.3) is 0 Å². The maximum Gasteiger partial charge on any atom is 0.164 e. The molecule has 0 amide bonds. The summed E-state index contributed by atoms with van der Waals surface area (Å²) in [5, 5.41) is 0. The molecular weight excluding hydrogens is 596 g/mol. The van der Waals surface area contributed by atoms with Crippen LogP contribution < -0.4 is 14.5 Å². The first kappa shape index (κ1) is 33.4. The second kappa shape index (κ2) is 16.1. The van der Waals surface area contributed by atoms with E-state index in [4.69, 9.17) is 4.74 Å². The number of fused-ring (bicyclic) bond motifs is 2. The minimum atomic E-state index is 0.160. The van der Waals surface area contributed by atoms with Crippen molar-refractivity contribution < 1.29 is 14.3 Å². The first-order valence-electron chi connectivity index (χ1n) is 17.6. The van der Waals surface area contributed by atoms with Crippen molar-refractivity contribution >= 4 is 22.9 Å². The number of hydrogen-bond acceptors (Lipinski definition) is 7. The molecule has 3 heterocycles. The quantitative estimate of drug-likeness (QED) is 0.149. The van der Waals surface area contributed by atoms with Crippen LogP contribution in [0, 0.1) is 0 Å². The molecule has 48 heavy (non-hydrogen) atoms. The van der Waals surface area contributed by atoms with Gasteiger partial charge < -0.3 is 14.5 Å². The third-order valence-corrected chi connectivity index (χ3v) is 9.66. The second-order valence-electron chi connectivity index (χ2n) is 12.6. The Morgan fingerprint density at radius 1 is 0.542 bits per heavy atom. The van der Waals surface area contributed by atoms with Gasteiger partial charge in [0.15, 0.2) is 11.6 Å². The van der Waals surface area contributed by atoms with Crippen molar-refractivity contribution in [2.24, 2.45) is 0 Å². The number of carbonyl (C=O) groups is 2. The van der Waals surface area contributed by atoms with E-state index in [0.29, 0.717) is 19.3 Å². The number of anilines is 2. The van der Waals surface area contributed by atoms with Gasteiger partial charge in [-0.1, -0.05) is 50.2 Å². The van der Waals surface area contributed by atoms with Gasteiger partial charge in [0.05, 0.1) is 0 Å². The fourth-order valence-corrected chi connectivity index (χ4v) is 6.85. The molecule has 4 aromatic carbocycles. The van der Waals surface area contributed by atoms with Crippen LogP contribution in [-0.4, -0.2) is 86.8 Å². The van der Waals surface area contributed by atoms with Gasteiger partial charge in [-0.3, -0.25) is 19.4 Å². The molecule has 7 nitrogen and oxygen atoms in total. The highest BCUT2D eigenvalue weighted by molar-refractivity contribution is 5.97. The molecule has 0 unspecified atom stereocenters. The molecule has 0 aliphatic carbocycles. The Morgan fingerprint density at radius 2 is 0.938 bits per heavy atom. The van der Waals surface area contributed by atoms with E-state index in [-0.39, 0.29) is 11.6 Å². The molecule has 0 bridgehead atoms. The number of hydrogen-bond donors (Lipinski definition) is 0. The smallest absolute Gasteiger partial charge is 0.164 e. The van der Waals surface area contributed by atoms with E-state index in [9.17, 15) is 9.59 Å². The van der Waals surface area contributed by atoms with Gasteiger partial charge in [-0.05, 0) is 60.7 Å². The maximum absolute atomic E-state index is 13.2. The topological polar surface area (TPSA) is 56.3 Å². The summed E-state index contributed by atoms with van der Waals surface area (Å²) in [7, 11) is 0. The summed E-state index contributed by atoms with van der Waals surface area (Å²) in [6.07, 6.45) is 1.65. The molecule has 4 aromatic rings. The lowest BCUT2D eigenvalue weighted by Crippen LogP contribution is -2.46. The van der Waals surface area contributed by atoms with Gasteiger partial charge in [-0.2, -0.15) is 0 Å². The molecule has 250 valence electrons. The van der Waals surface area contributed by atoms with E-state index in [1.165, 1.54) is 11.4 Å². The van der Waals surface area contributed by atoms with E-state index in [1.807, 2.05) is 62.4 Å². The number of nitrogens with zero attached hydrogens (tertiary/aromatic N) is 4. The van der Waals surface area contributed by atoms with Crippen molar-refractivity contribution in [1.29, 1.82) is 0 Å². The van der Waals surface area contributed by atoms with Crippen LogP contribution in [0.5, 0.6) is 11.5 Å². The number of piperazine rings is 2. The van der Waals surface area contributed by atoms with Gasteiger partial charge in [0.25, 0.3) is 0 Å². The molecule has 0 spiro atoms. The molecule has 3 aliphatic rings. The Bertz CT molecular complexity index is 1540. The number of rotatable bonds is 10. The molecule has 3 aliphatic heterocycles. The van der Waals surface area contributed by atoms with Gasteiger partial charge in [0.2, 0.25) is 0 Å². The van der Waals surface area contributed by atoms with E-state index >= 15 is 0 Å². The number of para-hydroxylation sites is 2. The maximum atomic E-state index is 13.2. The molecule has 2 saturated heterocycles. The number of benzene rings is 4. The molecule has 0 atom stereocenters. The molecule has 0 radical (unpaired) electrons. The van der Waals surface area contributed by atoms with Crippen LogP contribution in [0.2, 0.25) is 0 Å². The monoisotopic (exact) mass is 644 g/mol. The molecule has 2 fully saturated rings. The fourth-order valence-electron chi connectivity index (χ4n) is 6.85. The standard InChI is InChI=1S/C39H42N4O3.C2H6/c44-36(15-17-40-19-23-42(24-20-40)34-7-3-1-4-8-34)30-11-13-38-32(27-30)29-33-28-31(12-14-39(33)46-38)37(45)16-18-41-21-25-43(26-22-41)35-9-5-2-6-10-35;1-2/h1-14,27-28H,15-26,29H2;1-2H3. The third kappa shape index (κ3) is 8.15. The molecule has 0 saturated carbocycles. The summed E-state index contributed by atoms with van der Waals surface area (Å²) < 4.78 is 6.20. The van der Waals surface area contributed by atoms with Crippen molar-refractivity contribution in [2.45, 2.75) is 33.1 Å². The van der Waals surface area contributed by atoms with Crippen LogP contribution in [-0.2, 0) is 6.42 Å². The zero-order valence-electron chi connectivity index (χ0n) is 28.4. The molecule has 0 N–H and O–H groups in total. The summed E-state index contributed by atoms with van der Waals surface area (Å²) in [5.74, 6) is 1.89. The number of ether oxygens (including phenoxy) is 1.